The normalized spacial score (nSPS) is 11.7. The zero-order chi connectivity index (χ0) is 16.0. The molecule has 1 aromatic rings. The van der Waals surface area contributed by atoms with Crippen LogP contribution in [0.4, 0.5) is 0 Å². The van der Waals surface area contributed by atoms with Crippen LogP contribution in [0, 0.1) is 0 Å². The van der Waals surface area contributed by atoms with Crippen LogP contribution >= 0.6 is 15.9 Å². The molecule has 0 unspecified atom stereocenters. The summed E-state index contributed by atoms with van der Waals surface area (Å²) in [5.41, 5.74) is 0.996. The molecule has 5 nitrogen and oxygen atoms in total. The zero-order valence-electron chi connectivity index (χ0n) is 12.5. The number of halogens is 1. The number of alkyl halides is 1. The van der Waals surface area contributed by atoms with E-state index >= 15 is 0 Å². The summed E-state index contributed by atoms with van der Waals surface area (Å²) in [4.78, 5) is 13.8. The van der Waals surface area contributed by atoms with E-state index in [2.05, 4.69) is 15.9 Å². The summed E-state index contributed by atoms with van der Waals surface area (Å²) in [6.45, 7) is 4.74. The maximum Gasteiger partial charge on any atom is 0.243 e. The van der Waals surface area contributed by atoms with Crippen molar-refractivity contribution in [1.82, 2.24) is 9.21 Å². The van der Waals surface area contributed by atoms with Gasteiger partial charge in [0, 0.05) is 25.5 Å². The Bertz CT molecular complexity index is 568. The molecule has 0 aliphatic rings. The SMILES string of the molecule is CCN(CC)C(=O)CN(C)S(=O)(=O)c1ccc(CBr)cc1. The first-order chi connectivity index (χ1) is 9.86. The smallest absolute Gasteiger partial charge is 0.243 e. The van der Waals surface area contributed by atoms with Crippen molar-refractivity contribution in [3.63, 3.8) is 0 Å². The lowest BCUT2D eigenvalue weighted by Crippen LogP contribution is -2.40. The van der Waals surface area contributed by atoms with Crippen molar-refractivity contribution < 1.29 is 13.2 Å². The van der Waals surface area contributed by atoms with E-state index in [4.69, 9.17) is 0 Å². The second kappa shape index (κ2) is 7.91. The number of sulfonamides is 1. The summed E-state index contributed by atoms with van der Waals surface area (Å²) in [6, 6.07) is 6.62. The zero-order valence-corrected chi connectivity index (χ0v) is 14.9. The van der Waals surface area contributed by atoms with Crippen LogP contribution in [0.2, 0.25) is 0 Å². The molecular formula is C14H21BrN2O3S. The minimum Gasteiger partial charge on any atom is -0.342 e. The van der Waals surface area contributed by atoms with E-state index < -0.39 is 10.0 Å². The fourth-order valence-corrected chi connectivity index (χ4v) is 3.38. The van der Waals surface area contributed by atoms with Crippen LogP contribution in [0.5, 0.6) is 0 Å². The molecule has 0 aromatic heterocycles. The third kappa shape index (κ3) is 4.52. The number of nitrogens with zero attached hydrogens (tertiary/aromatic N) is 2. The van der Waals surface area contributed by atoms with Gasteiger partial charge in [0.15, 0.2) is 0 Å². The van der Waals surface area contributed by atoms with E-state index in [9.17, 15) is 13.2 Å². The number of hydrogen-bond donors (Lipinski definition) is 0. The maximum absolute atomic E-state index is 12.4. The summed E-state index contributed by atoms with van der Waals surface area (Å²) < 4.78 is 25.9. The van der Waals surface area contributed by atoms with Gasteiger partial charge in [-0.2, -0.15) is 4.31 Å². The lowest BCUT2D eigenvalue weighted by Gasteiger charge is -2.23. The van der Waals surface area contributed by atoms with E-state index in [0.29, 0.717) is 18.4 Å². The van der Waals surface area contributed by atoms with Crippen molar-refractivity contribution in [2.45, 2.75) is 24.1 Å². The van der Waals surface area contributed by atoms with Gasteiger partial charge in [-0.15, -0.1) is 0 Å². The number of carbonyl (C=O) groups is 1. The van der Waals surface area contributed by atoms with Crippen molar-refractivity contribution in [3.8, 4) is 0 Å². The molecular weight excluding hydrogens is 356 g/mol. The van der Waals surface area contributed by atoms with Gasteiger partial charge in [0.25, 0.3) is 0 Å². The number of amides is 1. The molecule has 0 fully saturated rings. The molecule has 0 atom stereocenters. The topological polar surface area (TPSA) is 57.7 Å². The summed E-state index contributed by atoms with van der Waals surface area (Å²) in [6.07, 6.45) is 0. The number of rotatable bonds is 7. The lowest BCUT2D eigenvalue weighted by molar-refractivity contribution is -0.130. The predicted molar refractivity (Wildman–Crippen MR) is 86.8 cm³/mol. The Balaban J connectivity index is 2.88. The van der Waals surface area contributed by atoms with Gasteiger partial charge in [-0.05, 0) is 31.5 Å². The molecule has 0 aliphatic carbocycles. The van der Waals surface area contributed by atoms with Gasteiger partial charge < -0.3 is 4.90 Å². The number of carbonyl (C=O) groups excluding carboxylic acids is 1. The van der Waals surface area contributed by atoms with Gasteiger partial charge in [-0.25, -0.2) is 8.42 Å². The van der Waals surface area contributed by atoms with Crippen molar-refractivity contribution >= 4 is 31.9 Å². The molecule has 1 rings (SSSR count). The maximum atomic E-state index is 12.4. The highest BCUT2D eigenvalue weighted by Gasteiger charge is 2.24. The monoisotopic (exact) mass is 376 g/mol. The standard InChI is InChI=1S/C14H21BrN2O3S/c1-4-17(5-2)14(18)11-16(3)21(19,20)13-8-6-12(10-15)7-9-13/h6-9H,4-5,10-11H2,1-3H3. The Hall–Kier alpha value is -0.920. The molecule has 0 radical (unpaired) electrons. The average Bonchev–Trinajstić information content (AvgIpc) is 2.48. The Morgan fingerprint density at radius 1 is 1.14 bits per heavy atom. The molecule has 0 spiro atoms. The molecule has 118 valence electrons. The molecule has 1 amide bonds. The molecule has 7 heteroatoms. The molecule has 0 heterocycles. The first-order valence-corrected chi connectivity index (χ1v) is 9.32. The van der Waals surface area contributed by atoms with E-state index in [1.807, 2.05) is 13.8 Å². The van der Waals surface area contributed by atoms with Gasteiger partial charge in [0.1, 0.15) is 0 Å². The number of hydrogen-bond acceptors (Lipinski definition) is 3. The van der Waals surface area contributed by atoms with E-state index in [1.54, 1.807) is 29.2 Å². The molecule has 0 saturated heterocycles. The van der Waals surface area contributed by atoms with Gasteiger partial charge in [-0.3, -0.25) is 4.79 Å². The van der Waals surface area contributed by atoms with Crippen LogP contribution in [-0.4, -0.2) is 50.2 Å². The fourth-order valence-electron chi connectivity index (χ4n) is 1.88. The predicted octanol–water partition coefficient (Wildman–Crippen LogP) is 2.07. The minimum absolute atomic E-state index is 0.149. The van der Waals surface area contributed by atoms with Gasteiger partial charge in [-0.1, -0.05) is 28.1 Å². The first-order valence-electron chi connectivity index (χ1n) is 6.75. The van der Waals surface area contributed by atoms with Gasteiger partial charge >= 0.3 is 0 Å². The van der Waals surface area contributed by atoms with Crippen LogP contribution in [0.3, 0.4) is 0 Å². The quantitative estimate of drug-likeness (QED) is 0.684. The second-order valence-electron chi connectivity index (χ2n) is 4.60. The van der Waals surface area contributed by atoms with Crippen LogP contribution < -0.4 is 0 Å². The third-order valence-electron chi connectivity index (χ3n) is 3.26. The largest absolute Gasteiger partial charge is 0.342 e. The summed E-state index contributed by atoms with van der Waals surface area (Å²) >= 11 is 3.32. The number of benzene rings is 1. The summed E-state index contributed by atoms with van der Waals surface area (Å²) in [5, 5.41) is 0.670. The lowest BCUT2D eigenvalue weighted by atomic mass is 10.2. The van der Waals surface area contributed by atoms with Gasteiger partial charge in [0.2, 0.25) is 15.9 Å². The van der Waals surface area contributed by atoms with Crippen molar-refractivity contribution in [2.24, 2.45) is 0 Å². The van der Waals surface area contributed by atoms with E-state index in [1.165, 1.54) is 7.05 Å². The molecule has 0 aliphatic heterocycles. The Morgan fingerprint density at radius 3 is 2.10 bits per heavy atom. The van der Waals surface area contributed by atoms with Crippen molar-refractivity contribution in [1.29, 1.82) is 0 Å². The van der Waals surface area contributed by atoms with Gasteiger partial charge in [0.05, 0.1) is 11.4 Å². The van der Waals surface area contributed by atoms with Crippen LogP contribution in [0.15, 0.2) is 29.2 Å². The highest BCUT2D eigenvalue weighted by molar-refractivity contribution is 9.08. The van der Waals surface area contributed by atoms with E-state index in [0.717, 1.165) is 9.87 Å². The molecule has 21 heavy (non-hydrogen) atoms. The second-order valence-corrected chi connectivity index (χ2v) is 7.21. The van der Waals surface area contributed by atoms with E-state index in [-0.39, 0.29) is 17.3 Å². The Labute approximate surface area is 135 Å². The highest BCUT2D eigenvalue weighted by atomic mass is 79.9. The van der Waals surface area contributed by atoms with Crippen LogP contribution in [-0.2, 0) is 20.1 Å². The molecule has 0 bridgehead atoms. The third-order valence-corrected chi connectivity index (χ3v) is 5.73. The van der Waals surface area contributed by atoms with Crippen LogP contribution in [0.25, 0.3) is 0 Å². The Kier molecular flexibility index (Phi) is 6.83. The summed E-state index contributed by atoms with van der Waals surface area (Å²) in [7, 11) is -2.21. The molecule has 0 saturated carbocycles. The molecule has 1 aromatic carbocycles. The van der Waals surface area contributed by atoms with Crippen LogP contribution in [0.1, 0.15) is 19.4 Å². The summed E-state index contributed by atoms with van der Waals surface area (Å²) in [5.74, 6) is -0.192. The first kappa shape index (κ1) is 18.1. The minimum atomic E-state index is -3.64. The highest BCUT2D eigenvalue weighted by Crippen LogP contribution is 2.16. The van der Waals surface area contributed by atoms with Crippen molar-refractivity contribution in [3.05, 3.63) is 29.8 Å². The molecule has 0 N–H and O–H groups in total. The average molecular weight is 377 g/mol. The fraction of sp³-hybridized carbons (Fsp3) is 0.500. The van der Waals surface area contributed by atoms with Crippen molar-refractivity contribution in [2.75, 3.05) is 26.7 Å². The number of likely N-dealkylation sites (N-methyl/N-ethyl adjacent to an activating group) is 2. The Morgan fingerprint density at radius 2 is 1.67 bits per heavy atom.